The second-order valence-electron chi connectivity index (χ2n) is 4.72. The summed E-state index contributed by atoms with van der Waals surface area (Å²) in [6.45, 7) is 9.40. The summed E-state index contributed by atoms with van der Waals surface area (Å²) in [4.78, 5) is 11.9. The number of carbonyl (C=O) groups is 1. The molecule has 1 aromatic rings. The van der Waals surface area contributed by atoms with Gasteiger partial charge in [0.05, 0.1) is 19.3 Å². The maximum atomic E-state index is 11.9. The lowest BCUT2D eigenvalue weighted by atomic mass is 10.2. The Bertz CT molecular complexity index is 415. The van der Waals surface area contributed by atoms with Crippen molar-refractivity contribution in [3.8, 4) is 0 Å². The van der Waals surface area contributed by atoms with Crippen LogP contribution in [0.5, 0.6) is 0 Å². The number of amides is 1. The van der Waals surface area contributed by atoms with E-state index in [9.17, 15) is 4.79 Å². The second kappa shape index (κ2) is 9.28. The summed E-state index contributed by atoms with van der Waals surface area (Å²) in [6, 6.07) is 7.50. The van der Waals surface area contributed by atoms with E-state index < -0.39 is 0 Å². The first-order valence-corrected chi connectivity index (χ1v) is 6.93. The van der Waals surface area contributed by atoms with Crippen molar-refractivity contribution in [2.24, 2.45) is 0 Å². The van der Waals surface area contributed by atoms with Crippen LogP contribution in [0.15, 0.2) is 36.9 Å². The van der Waals surface area contributed by atoms with Crippen LogP contribution in [0.3, 0.4) is 0 Å². The zero-order valence-electron chi connectivity index (χ0n) is 12.3. The predicted octanol–water partition coefficient (Wildman–Crippen LogP) is 2.50. The summed E-state index contributed by atoms with van der Waals surface area (Å²) in [5.74, 6) is -0.0417. The van der Waals surface area contributed by atoms with Crippen LogP contribution in [0.25, 0.3) is 0 Å². The van der Waals surface area contributed by atoms with Crippen molar-refractivity contribution >= 4 is 11.6 Å². The number of benzene rings is 1. The monoisotopic (exact) mass is 276 g/mol. The van der Waals surface area contributed by atoms with Crippen LogP contribution in [0.4, 0.5) is 5.69 Å². The van der Waals surface area contributed by atoms with Crippen molar-refractivity contribution in [3.63, 3.8) is 0 Å². The van der Waals surface area contributed by atoms with Gasteiger partial charge in [0.25, 0.3) is 0 Å². The van der Waals surface area contributed by atoms with Crippen LogP contribution in [0.2, 0.25) is 0 Å². The molecule has 0 aliphatic rings. The first-order valence-electron chi connectivity index (χ1n) is 6.93. The molecule has 0 aromatic heterocycles. The summed E-state index contributed by atoms with van der Waals surface area (Å²) in [5.41, 5.74) is 1.99. The van der Waals surface area contributed by atoms with Gasteiger partial charge in [-0.2, -0.15) is 0 Å². The number of ether oxygens (including phenoxy) is 1. The first-order chi connectivity index (χ1) is 9.63. The van der Waals surface area contributed by atoms with E-state index in [4.69, 9.17) is 4.74 Å². The molecule has 110 valence electrons. The fourth-order valence-electron chi connectivity index (χ4n) is 1.60. The van der Waals surface area contributed by atoms with E-state index in [0.29, 0.717) is 19.8 Å². The molecule has 0 saturated carbocycles. The van der Waals surface area contributed by atoms with Crippen molar-refractivity contribution in [3.05, 3.63) is 42.5 Å². The van der Waals surface area contributed by atoms with E-state index in [2.05, 4.69) is 17.2 Å². The Balaban J connectivity index is 2.22. The molecular weight excluding hydrogens is 252 g/mol. The maximum Gasteiger partial charge on any atom is 0.241 e. The van der Waals surface area contributed by atoms with Crippen molar-refractivity contribution in [2.45, 2.75) is 26.3 Å². The number of anilines is 1. The Morgan fingerprint density at radius 2 is 2.05 bits per heavy atom. The molecule has 0 fully saturated rings. The normalized spacial score (nSPS) is 11.9. The molecular formula is C16H24N2O2. The summed E-state index contributed by atoms with van der Waals surface area (Å²) in [7, 11) is 0. The minimum absolute atomic E-state index is 0.0417. The van der Waals surface area contributed by atoms with Gasteiger partial charge in [-0.05, 0) is 32.4 Å². The summed E-state index contributed by atoms with van der Waals surface area (Å²) in [6.07, 6.45) is 2.68. The topological polar surface area (TPSA) is 50.4 Å². The molecule has 0 heterocycles. The second-order valence-corrected chi connectivity index (χ2v) is 4.72. The van der Waals surface area contributed by atoms with Gasteiger partial charge in [0.2, 0.25) is 5.91 Å². The maximum absolute atomic E-state index is 11.9. The van der Waals surface area contributed by atoms with Gasteiger partial charge in [-0.15, -0.1) is 6.58 Å². The molecule has 0 aliphatic heterocycles. The minimum Gasteiger partial charge on any atom is -0.380 e. The van der Waals surface area contributed by atoms with Crippen LogP contribution >= 0.6 is 0 Å². The zero-order valence-corrected chi connectivity index (χ0v) is 12.3. The Hall–Kier alpha value is -1.65. The molecule has 2 N–H and O–H groups in total. The molecule has 1 atom stereocenters. The van der Waals surface area contributed by atoms with Gasteiger partial charge in [-0.1, -0.05) is 23.8 Å². The number of hydrogen-bond acceptors (Lipinski definition) is 3. The summed E-state index contributed by atoms with van der Waals surface area (Å²) in [5, 5.41) is 6.00. The number of carbonyl (C=O) groups excluding carboxylic acids is 1. The molecule has 1 rings (SSSR count). The highest BCUT2D eigenvalue weighted by molar-refractivity contribution is 5.94. The Kier molecular flexibility index (Phi) is 7.62. The van der Waals surface area contributed by atoms with Crippen LogP contribution in [0.1, 0.15) is 18.9 Å². The zero-order chi connectivity index (χ0) is 14.8. The van der Waals surface area contributed by atoms with E-state index in [1.165, 1.54) is 5.56 Å². The Labute approximate surface area is 121 Å². The largest absolute Gasteiger partial charge is 0.380 e. The minimum atomic E-state index is -0.251. The average molecular weight is 276 g/mol. The molecule has 1 amide bonds. The lowest BCUT2D eigenvalue weighted by Crippen LogP contribution is -2.39. The Morgan fingerprint density at radius 1 is 1.35 bits per heavy atom. The van der Waals surface area contributed by atoms with E-state index >= 15 is 0 Å². The van der Waals surface area contributed by atoms with Gasteiger partial charge in [0, 0.05) is 12.2 Å². The highest BCUT2D eigenvalue weighted by atomic mass is 16.5. The van der Waals surface area contributed by atoms with Crippen molar-refractivity contribution in [2.75, 3.05) is 25.1 Å². The number of aryl methyl sites for hydroxylation is 1. The van der Waals surface area contributed by atoms with Crippen molar-refractivity contribution < 1.29 is 9.53 Å². The van der Waals surface area contributed by atoms with Gasteiger partial charge in [0.15, 0.2) is 0 Å². The van der Waals surface area contributed by atoms with Gasteiger partial charge in [-0.25, -0.2) is 0 Å². The first kappa shape index (κ1) is 16.4. The van der Waals surface area contributed by atoms with Gasteiger partial charge >= 0.3 is 0 Å². The fraction of sp³-hybridized carbons (Fsp3) is 0.438. The van der Waals surface area contributed by atoms with Crippen molar-refractivity contribution in [1.29, 1.82) is 0 Å². The lowest BCUT2D eigenvalue weighted by Gasteiger charge is -2.14. The van der Waals surface area contributed by atoms with Gasteiger partial charge < -0.3 is 15.4 Å². The number of nitrogens with one attached hydrogen (secondary N) is 2. The predicted molar refractivity (Wildman–Crippen MR) is 82.9 cm³/mol. The van der Waals surface area contributed by atoms with Crippen LogP contribution in [-0.2, 0) is 9.53 Å². The third-order valence-electron chi connectivity index (χ3n) is 2.88. The van der Waals surface area contributed by atoms with Crippen LogP contribution < -0.4 is 10.6 Å². The molecule has 0 saturated heterocycles. The van der Waals surface area contributed by atoms with E-state index in [1.807, 2.05) is 44.2 Å². The molecule has 20 heavy (non-hydrogen) atoms. The fourth-order valence-corrected chi connectivity index (χ4v) is 1.60. The summed E-state index contributed by atoms with van der Waals surface area (Å²) >= 11 is 0. The van der Waals surface area contributed by atoms with Crippen LogP contribution in [0, 0.1) is 6.92 Å². The third-order valence-corrected chi connectivity index (χ3v) is 2.88. The van der Waals surface area contributed by atoms with Gasteiger partial charge in [0.1, 0.15) is 0 Å². The third kappa shape index (κ3) is 6.50. The van der Waals surface area contributed by atoms with E-state index in [1.54, 1.807) is 0 Å². The molecule has 0 spiro atoms. The molecule has 0 bridgehead atoms. The SMILES string of the molecule is C=CCCOCCNC(C)C(=O)Nc1ccc(C)cc1. The standard InChI is InChI=1S/C16H24N2O2/c1-4-5-11-20-12-10-17-14(3)16(19)18-15-8-6-13(2)7-9-15/h4,6-9,14,17H,1,5,10-12H2,2-3H3,(H,18,19). The number of hydrogen-bond donors (Lipinski definition) is 2. The summed E-state index contributed by atoms with van der Waals surface area (Å²) < 4.78 is 5.37. The molecule has 0 aliphatic carbocycles. The molecule has 4 heteroatoms. The molecule has 1 unspecified atom stereocenters. The Morgan fingerprint density at radius 3 is 2.70 bits per heavy atom. The molecule has 0 radical (unpaired) electrons. The highest BCUT2D eigenvalue weighted by Gasteiger charge is 2.11. The van der Waals surface area contributed by atoms with Crippen LogP contribution in [-0.4, -0.2) is 31.7 Å². The van der Waals surface area contributed by atoms with Gasteiger partial charge in [-0.3, -0.25) is 4.79 Å². The lowest BCUT2D eigenvalue weighted by molar-refractivity contribution is -0.117. The highest BCUT2D eigenvalue weighted by Crippen LogP contribution is 2.08. The average Bonchev–Trinajstić information content (AvgIpc) is 2.45. The van der Waals surface area contributed by atoms with Crippen molar-refractivity contribution in [1.82, 2.24) is 5.32 Å². The van der Waals surface area contributed by atoms with E-state index in [0.717, 1.165) is 12.1 Å². The smallest absolute Gasteiger partial charge is 0.241 e. The van der Waals surface area contributed by atoms with E-state index in [-0.39, 0.29) is 11.9 Å². The molecule has 1 aromatic carbocycles. The number of rotatable bonds is 9. The quantitative estimate of drug-likeness (QED) is 0.538. The molecule has 4 nitrogen and oxygen atoms in total.